The van der Waals surface area contributed by atoms with Gasteiger partial charge in [0, 0.05) is 0 Å². The Morgan fingerprint density at radius 3 is 2.05 bits per heavy atom. The van der Waals surface area contributed by atoms with Gasteiger partial charge in [0.1, 0.15) is 5.60 Å². The van der Waals surface area contributed by atoms with Crippen molar-refractivity contribution in [2.75, 3.05) is 0 Å². The van der Waals surface area contributed by atoms with Gasteiger partial charge in [0.15, 0.2) is 0 Å². The van der Waals surface area contributed by atoms with Crippen molar-refractivity contribution in [1.82, 2.24) is 0 Å². The van der Waals surface area contributed by atoms with E-state index in [-0.39, 0.29) is 11.4 Å². The molecule has 1 rings (SSSR count). The lowest BCUT2D eigenvalue weighted by Crippen LogP contribution is -2.22. The molecule has 0 atom stereocenters. The van der Waals surface area contributed by atoms with Crippen LogP contribution in [-0.2, 0) is 14.9 Å². The van der Waals surface area contributed by atoms with Crippen LogP contribution in [0, 0.1) is 0 Å². The fourth-order valence-electron chi connectivity index (χ4n) is 1.62. The van der Waals surface area contributed by atoms with Crippen LogP contribution < -0.4 is 0 Å². The fourth-order valence-corrected chi connectivity index (χ4v) is 1.62. The van der Waals surface area contributed by atoms with Gasteiger partial charge in [0.2, 0.25) is 0 Å². The van der Waals surface area contributed by atoms with E-state index in [2.05, 4.69) is 38.6 Å². The monoisotopic (exact) mass is 272 g/mol. The number of hydrogen-bond donors (Lipinski definition) is 0. The predicted molar refractivity (Wildman–Crippen MR) is 83.5 cm³/mol. The Hall–Kier alpha value is -1.79. The van der Waals surface area contributed by atoms with Crippen molar-refractivity contribution in [3.8, 4) is 0 Å². The summed E-state index contributed by atoms with van der Waals surface area (Å²) in [7, 11) is 0. The zero-order valence-electron chi connectivity index (χ0n) is 13.3. The zero-order chi connectivity index (χ0) is 15.4. The van der Waals surface area contributed by atoms with Crippen molar-refractivity contribution in [1.29, 1.82) is 0 Å². The normalized spacial score (nSPS) is 11.5. The first-order valence-electron chi connectivity index (χ1n) is 6.84. The fraction of sp³-hybridized carbons (Fsp3) is 0.444. The third-order valence-corrected chi connectivity index (χ3v) is 2.63. The van der Waals surface area contributed by atoms with E-state index in [0.717, 1.165) is 5.56 Å². The third kappa shape index (κ3) is 5.90. The summed E-state index contributed by atoms with van der Waals surface area (Å²) >= 11 is 0. The van der Waals surface area contributed by atoms with E-state index < -0.39 is 5.60 Å². The molecule has 0 spiro atoms. The average molecular weight is 272 g/mol. The number of ether oxygens (including phenoxy) is 1. The first-order valence-corrected chi connectivity index (χ1v) is 6.84. The second kappa shape index (κ2) is 6.11. The lowest BCUT2D eigenvalue weighted by molar-refractivity contribution is -0.148. The minimum atomic E-state index is -0.469. The molecule has 1 aromatic rings. The summed E-state index contributed by atoms with van der Waals surface area (Å²) in [5.41, 5.74) is 4.83. The molecule has 0 bridgehead atoms. The van der Waals surface area contributed by atoms with Crippen LogP contribution >= 0.6 is 0 Å². The molecule has 0 aliphatic heterocycles. The Morgan fingerprint density at radius 1 is 1.05 bits per heavy atom. The highest BCUT2D eigenvalue weighted by molar-refractivity contribution is 5.82. The van der Waals surface area contributed by atoms with Gasteiger partial charge in [-0.3, -0.25) is 0 Å². The van der Waals surface area contributed by atoms with Gasteiger partial charge in [-0.15, -0.1) is 5.73 Å². The number of benzene rings is 1. The van der Waals surface area contributed by atoms with Gasteiger partial charge in [-0.1, -0.05) is 45.0 Å². The Kier molecular flexibility index (Phi) is 4.97. The van der Waals surface area contributed by atoms with Crippen LogP contribution in [0.15, 0.2) is 36.1 Å². The van der Waals surface area contributed by atoms with E-state index in [9.17, 15) is 4.79 Å². The SMILES string of the molecule is CC(C)(C)OC(=O)C=C=Cc1ccc(C(C)(C)C)cc1. The number of carbonyl (C=O) groups excluding carboxylic acids is 1. The maximum absolute atomic E-state index is 11.5. The van der Waals surface area contributed by atoms with Crippen LogP contribution in [0.25, 0.3) is 6.08 Å². The molecule has 0 amide bonds. The average Bonchev–Trinajstić information content (AvgIpc) is 2.26. The van der Waals surface area contributed by atoms with Gasteiger partial charge in [-0.2, -0.15) is 0 Å². The number of rotatable bonds is 2. The quantitative estimate of drug-likeness (QED) is 0.450. The molecule has 0 aromatic heterocycles. The summed E-state index contributed by atoms with van der Waals surface area (Å²) in [6.07, 6.45) is 3.10. The largest absolute Gasteiger partial charge is 0.456 e. The second-order valence-corrected chi connectivity index (χ2v) is 6.86. The lowest BCUT2D eigenvalue weighted by Gasteiger charge is -2.18. The van der Waals surface area contributed by atoms with Gasteiger partial charge in [-0.25, -0.2) is 4.79 Å². The van der Waals surface area contributed by atoms with Crippen molar-refractivity contribution < 1.29 is 9.53 Å². The summed E-state index contributed by atoms with van der Waals surface area (Å²) in [5, 5.41) is 0. The van der Waals surface area contributed by atoms with Gasteiger partial charge in [0.25, 0.3) is 0 Å². The standard InChI is InChI=1S/C18H24O2/c1-17(2,3)15-12-10-14(11-13-15)8-7-9-16(19)20-18(4,5)6/h8-13H,1-6H3. The molecule has 0 aliphatic carbocycles. The maximum Gasteiger partial charge on any atom is 0.339 e. The van der Waals surface area contributed by atoms with Crippen LogP contribution in [0.5, 0.6) is 0 Å². The summed E-state index contributed by atoms with van der Waals surface area (Å²) in [5.74, 6) is -0.375. The van der Waals surface area contributed by atoms with E-state index in [4.69, 9.17) is 4.74 Å². The van der Waals surface area contributed by atoms with Gasteiger partial charge < -0.3 is 4.74 Å². The first-order chi connectivity index (χ1) is 9.08. The summed E-state index contributed by atoms with van der Waals surface area (Å²) in [6.45, 7) is 12.1. The van der Waals surface area contributed by atoms with Crippen molar-refractivity contribution in [2.24, 2.45) is 0 Å². The number of esters is 1. The Balaban J connectivity index is 2.74. The molecule has 0 saturated carbocycles. The van der Waals surface area contributed by atoms with Gasteiger partial charge in [-0.05, 0) is 43.4 Å². The molecule has 2 nitrogen and oxygen atoms in total. The molecule has 0 radical (unpaired) electrons. The Labute approximate surface area is 122 Å². The van der Waals surface area contributed by atoms with Crippen molar-refractivity contribution in [3.05, 3.63) is 47.2 Å². The number of carbonyl (C=O) groups is 1. The lowest BCUT2D eigenvalue weighted by atomic mass is 9.87. The Bertz CT molecular complexity index is 516. The highest BCUT2D eigenvalue weighted by atomic mass is 16.6. The molecule has 1 aromatic carbocycles. The number of hydrogen-bond acceptors (Lipinski definition) is 2. The second-order valence-electron chi connectivity index (χ2n) is 6.86. The van der Waals surface area contributed by atoms with E-state index in [1.807, 2.05) is 32.9 Å². The van der Waals surface area contributed by atoms with Crippen molar-refractivity contribution >= 4 is 12.0 Å². The molecule has 0 unspecified atom stereocenters. The molecule has 0 saturated heterocycles. The molecule has 0 fully saturated rings. The summed E-state index contributed by atoms with van der Waals surface area (Å²) in [6, 6.07) is 8.25. The van der Waals surface area contributed by atoms with Crippen LogP contribution in [-0.4, -0.2) is 11.6 Å². The molecule has 0 aliphatic rings. The van der Waals surface area contributed by atoms with Crippen molar-refractivity contribution in [2.45, 2.75) is 52.6 Å². The highest BCUT2D eigenvalue weighted by Gasteiger charge is 2.14. The predicted octanol–water partition coefficient (Wildman–Crippen LogP) is 4.49. The zero-order valence-corrected chi connectivity index (χ0v) is 13.3. The van der Waals surface area contributed by atoms with Crippen LogP contribution in [0.1, 0.15) is 52.7 Å². The van der Waals surface area contributed by atoms with Crippen LogP contribution in [0.3, 0.4) is 0 Å². The summed E-state index contributed by atoms with van der Waals surface area (Å²) in [4.78, 5) is 11.5. The molecular weight excluding hydrogens is 248 g/mol. The highest BCUT2D eigenvalue weighted by Crippen LogP contribution is 2.22. The molecule has 2 heteroatoms. The van der Waals surface area contributed by atoms with Gasteiger partial charge >= 0.3 is 5.97 Å². The molecule has 0 heterocycles. The van der Waals surface area contributed by atoms with E-state index in [1.54, 1.807) is 6.08 Å². The van der Waals surface area contributed by atoms with Gasteiger partial charge in [0.05, 0.1) is 6.08 Å². The first kappa shape index (κ1) is 16.3. The minimum Gasteiger partial charge on any atom is -0.456 e. The van der Waals surface area contributed by atoms with E-state index in [0.29, 0.717) is 0 Å². The maximum atomic E-state index is 11.5. The molecule has 20 heavy (non-hydrogen) atoms. The molecule has 0 N–H and O–H groups in total. The minimum absolute atomic E-state index is 0.147. The van der Waals surface area contributed by atoms with Crippen molar-refractivity contribution in [3.63, 3.8) is 0 Å². The van der Waals surface area contributed by atoms with E-state index in [1.165, 1.54) is 11.6 Å². The smallest absolute Gasteiger partial charge is 0.339 e. The van der Waals surface area contributed by atoms with Crippen LogP contribution in [0.4, 0.5) is 0 Å². The van der Waals surface area contributed by atoms with Crippen LogP contribution in [0.2, 0.25) is 0 Å². The molecular formula is C18H24O2. The Morgan fingerprint density at radius 2 is 1.60 bits per heavy atom. The topological polar surface area (TPSA) is 26.3 Å². The summed E-state index contributed by atoms with van der Waals surface area (Å²) < 4.78 is 5.16. The third-order valence-electron chi connectivity index (χ3n) is 2.63. The van der Waals surface area contributed by atoms with E-state index >= 15 is 0 Å². The molecule has 108 valence electrons.